The van der Waals surface area contributed by atoms with Crippen LogP contribution in [0, 0.1) is 30.6 Å². The Labute approximate surface area is 170 Å². The Balaban J connectivity index is 1.94. The second-order valence-electron chi connectivity index (χ2n) is 8.53. The molecule has 0 spiro atoms. The van der Waals surface area contributed by atoms with Crippen molar-refractivity contribution in [1.29, 1.82) is 5.26 Å². The summed E-state index contributed by atoms with van der Waals surface area (Å²) in [6, 6.07) is 12.0. The SMILES string of the molecule is Cc1nn(-c2ccccc2)c(C)c1C1C(C#N)=C(N)OC2=C1C(=O)CC(C)(C)C2. The molecule has 6 nitrogen and oxygen atoms in total. The van der Waals surface area contributed by atoms with Crippen LogP contribution in [0.3, 0.4) is 0 Å². The number of rotatable bonds is 2. The standard InChI is InChI=1S/C23H24N4O2/c1-13-19(14(2)27(26-13)15-8-6-5-7-9-15)20-16(12-24)22(25)29-18-11-23(3,4)10-17(28)21(18)20/h5-9,20H,10-11,25H2,1-4H3. The first-order valence-electron chi connectivity index (χ1n) is 9.69. The van der Waals surface area contributed by atoms with Crippen molar-refractivity contribution in [2.75, 3.05) is 0 Å². The van der Waals surface area contributed by atoms with E-state index in [9.17, 15) is 10.1 Å². The van der Waals surface area contributed by atoms with E-state index in [2.05, 4.69) is 6.07 Å². The molecule has 4 rings (SSSR count). The zero-order chi connectivity index (χ0) is 20.9. The molecule has 2 N–H and O–H groups in total. The molecule has 1 unspecified atom stereocenters. The van der Waals surface area contributed by atoms with Crippen molar-refractivity contribution in [2.45, 2.75) is 46.5 Å². The highest BCUT2D eigenvalue weighted by Gasteiger charge is 2.44. The Kier molecular flexibility index (Phi) is 4.34. The van der Waals surface area contributed by atoms with Gasteiger partial charge in [-0.15, -0.1) is 0 Å². The highest BCUT2D eigenvalue weighted by atomic mass is 16.5. The van der Waals surface area contributed by atoms with Gasteiger partial charge in [0, 0.05) is 29.7 Å². The van der Waals surface area contributed by atoms with Crippen molar-refractivity contribution in [1.82, 2.24) is 9.78 Å². The maximum absolute atomic E-state index is 13.2. The summed E-state index contributed by atoms with van der Waals surface area (Å²) < 4.78 is 7.64. The molecule has 0 saturated carbocycles. The Morgan fingerprint density at radius 2 is 1.93 bits per heavy atom. The van der Waals surface area contributed by atoms with Gasteiger partial charge in [0.1, 0.15) is 17.4 Å². The van der Waals surface area contributed by atoms with E-state index in [1.165, 1.54) is 0 Å². The molecule has 2 aliphatic rings. The monoisotopic (exact) mass is 388 g/mol. The van der Waals surface area contributed by atoms with Gasteiger partial charge < -0.3 is 10.5 Å². The molecule has 2 heterocycles. The third-order valence-electron chi connectivity index (χ3n) is 5.71. The number of nitrogens with zero attached hydrogens (tertiary/aromatic N) is 3. The minimum atomic E-state index is -0.551. The summed E-state index contributed by atoms with van der Waals surface area (Å²) in [5.74, 6) is 0.115. The van der Waals surface area contributed by atoms with Crippen molar-refractivity contribution in [3.63, 3.8) is 0 Å². The van der Waals surface area contributed by atoms with Crippen molar-refractivity contribution < 1.29 is 9.53 Å². The second kappa shape index (κ2) is 6.63. The van der Waals surface area contributed by atoms with Gasteiger partial charge in [-0.3, -0.25) is 4.79 Å². The molecule has 0 radical (unpaired) electrons. The van der Waals surface area contributed by atoms with Gasteiger partial charge >= 0.3 is 0 Å². The van der Waals surface area contributed by atoms with Gasteiger partial charge in [-0.1, -0.05) is 32.0 Å². The maximum Gasteiger partial charge on any atom is 0.205 e. The number of ether oxygens (including phenoxy) is 1. The fourth-order valence-corrected chi connectivity index (χ4v) is 4.47. The predicted octanol–water partition coefficient (Wildman–Crippen LogP) is 3.94. The molecule has 1 aromatic heterocycles. The summed E-state index contributed by atoms with van der Waals surface area (Å²) >= 11 is 0. The predicted molar refractivity (Wildman–Crippen MR) is 109 cm³/mol. The fraction of sp³-hybridized carbons (Fsp3) is 0.348. The van der Waals surface area contributed by atoms with Gasteiger partial charge in [-0.05, 0) is 31.4 Å². The average Bonchev–Trinajstić information content (AvgIpc) is 2.94. The van der Waals surface area contributed by atoms with E-state index in [-0.39, 0.29) is 22.7 Å². The number of aromatic nitrogens is 2. The summed E-state index contributed by atoms with van der Waals surface area (Å²) in [6.07, 6.45) is 1.02. The van der Waals surface area contributed by atoms with Crippen LogP contribution in [0.1, 0.15) is 49.6 Å². The van der Waals surface area contributed by atoms with Crippen LogP contribution < -0.4 is 5.73 Å². The topological polar surface area (TPSA) is 93.9 Å². The van der Waals surface area contributed by atoms with Crippen LogP contribution in [0.15, 0.2) is 53.1 Å². The number of carbonyl (C=O) groups is 1. The van der Waals surface area contributed by atoms with E-state index in [1.54, 1.807) is 0 Å². The molecule has 1 aromatic carbocycles. The number of hydrogen-bond donors (Lipinski definition) is 1. The molecule has 2 aromatic rings. The number of allylic oxidation sites excluding steroid dienone is 3. The van der Waals surface area contributed by atoms with Crippen molar-refractivity contribution in [3.05, 3.63) is 70.1 Å². The van der Waals surface area contributed by atoms with E-state index in [4.69, 9.17) is 15.6 Å². The van der Waals surface area contributed by atoms with E-state index in [0.717, 1.165) is 22.6 Å². The summed E-state index contributed by atoms with van der Waals surface area (Å²) in [6.45, 7) is 7.94. The minimum absolute atomic E-state index is 0.00719. The quantitative estimate of drug-likeness (QED) is 0.841. The van der Waals surface area contributed by atoms with Crippen LogP contribution in [-0.2, 0) is 9.53 Å². The third kappa shape index (κ3) is 3.03. The van der Waals surface area contributed by atoms with Crippen LogP contribution in [0.4, 0.5) is 0 Å². The van der Waals surface area contributed by atoms with E-state index in [1.807, 2.05) is 62.7 Å². The number of hydrogen-bond acceptors (Lipinski definition) is 5. The number of ketones is 1. The number of nitriles is 1. The molecule has 1 aliphatic carbocycles. The molecule has 0 bridgehead atoms. The lowest BCUT2D eigenvalue weighted by Crippen LogP contribution is -2.33. The van der Waals surface area contributed by atoms with Crippen LogP contribution >= 0.6 is 0 Å². The second-order valence-corrected chi connectivity index (χ2v) is 8.53. The number of benzene rings is 1. The molecule has 0 amide bonds. The molecule has 0 saturated heterocycles. The highest BCUT2D eigenvalue weighted by molar-refractivity contribution is 6.00. The van der Waals surface area contributed by atoms with Gasteiger partial charge in [0.05, 0.1) is 17.3 Å². The van der Waals surface area contributed by atoms with Crippen molar-refractivity contribution in [3.8, 4) is 11.8 Å². The van der Waals surface area contributed by atoms with Gasteiger partial charge in [0.2, 0.25) is 5.88 Å². The van der Waals surface area contributed by atoms with Gasteiger partial charge in [0.25, 0.3) is 0 Å². The first kappa shape index (κ1) is 19.0. The lowest BCUT2D eigenvalue weighted by Gasteiger charge is -2.37. The normalized spacial score (nSPS) is 20.9. The fourth-order valence-electron chi connectivity index (χ4n) is 4.47. The summed E-state index contributed by atoms with van der Waals surface area (Å²) in [5, 5.41) is 14.6. The zero-order valence-electron chi connectivity index (χ0n) is 17.1. The van der Waals surface area contributed by atoms with Crippen molar-refractivity contribution in [2.24, 2.45) is 11.1 Å². The molecule has 6 heteroatoms. The highest BCUT2D eigenvalue weighted by Crippen LogP contribution is 2.49. The van der Waals surface area contributed by atoms with E-state index >= 15 is 0 Å². The van der Waals surface area contributed by atoms with Crippen LogP contribution in [0.2, 0.25) is 0 Å². The number of Topliss-reactive ketones (excluding diaryl/α,β-unsaturated/α-hetero) is 1. The number of carbonyl (C=O) groups excluding carboxylic acids is 1. The number of nitrogens with two attached hydrogens (primary N) is 1. The lowest BCUT2D eigenvalue weighted by molar-refractivity contribution is -0.119. The smallest absolute Gasteiger partial charge is 0.205 e. The summed E-state index contributed by atoms with van der Waals surface area (Å²) in [5.41, 5.74) is 10.2. The Morgan fingerprint density at radius 3 is 2.59 bits per heavy atom. The summed E-state index contributed by atoms with van der Waals surface area (Å²) in [4.78, 5) is 13.2. The largest absolute Gasteiger partial charge is 0.444 e. The number of aryl methyl sites for hydroxylation is 1. The lowest BCUT2D eigenvalue weighted by atomic mass is 9.70. The Hall–Kier alpha value is -3.33. The Morgan fingerprint density at radius 1 is 1.24 bits per heavy atom. The molecular weight excluding hydrogens is 364 g/mol. The molecule has 148 valence electrons. The molecule has 29 heavy (non-hydrogen) atoms. The molecule has 0 fully saturated rings. The Bertz CT molecular complexity index is 1110. The molecular formula is C23H24N4O2. The van der Waals surface area contributed by atoms with E-state index in [0.29, 0.717) is 24.2 Å². The molecule has 1 aliphatic heterocycles. The number of para-hydroxylation sites is 1. The van der Waals surface area contributed by atoms with E-state index < -0.39 is 5.92 Å². The maximum atomic E-state index is 13.2. The van der Waals surface area contributed by atoms with Gasteiger partial charge in [0.15, 0.2) is 5.78 Å². The van der Waals surface area contributed by atoms with Crippen LogP contribution in [0.5, 0.6) is 0 Å². The van der Waals surface area contributed by atoms with Crippen LogP contribution in [0.25, 0.3) is 5.69 Å². The first-order chi connectivity index (χ1) is 13.7. The summed E-state index contributed by atoms with van der Waals surface area (Å²) in [7, 11) is 0. The average molecular weight is 388 g/mol. The minimum Gasteiger partial charge on any atom is -0.444 e. The zero-order valence-corrected chi connectivity index (χ0v) is 17.1. The van der Waals surface area contributed by atoms with Crippen LogP contribution in [-0.4, -0.2) is 15.6 Å². The van der Waals surface area contributed by atoms with Crippen molar-refractivity contribution >= 4 is 5.78 Å². The third-order valence-corrected chi connectivity index (χ3v) is 5.71. The van der Waals surface area contributed by atoms with Gasteiger partial charge in [-0.25, -0.2) is 4.68 Å². The van der Waals surface area contributed by atoms with Gasteiger partial charge in [-0.2, -0.15) is 10.4 Å². The molecule has 1 atom stereocenters. The first-order valence-corrected chi connectivity index (χ1v) is 9.69.